The minimum Gasteiger partial charge on any atom is -0.479 e. The van der Waals surface area contributed by atoms with Gasteiger partial charge >= 0.3 is 12.0 Å². The molecule has 1 saturated heterocycles. The highest BCUT2D eigenvalue weighted by atomic mass is 16.4. The number of likely N-dealkylation sites (tertiary alicyclic amines) is 1. The van der Waals surface area contributed by atoms with Gasteiger partial charge in [0.05, 0.1) is 11.6 Å². The topological polar surface area (TPSA) is 93.4 Å². The number of carbonyl (C=O) groups excluding carboxylic acids is 1. The van der Waals surface area contributed by atoms with Gasteiger partial charge in [0.1, 0.15) is 5.54 Å². The lowest BCUT2D eigenvalue weighted by molar-refractivity contribution is -0.148. The van der Waals surface area contributed by atoms with E-state index in [9.17, 15) is 14.7 Å². The van der Waals surface area contributed by atoms with Crippen LogP contribution in [0.15, 0.2) is 24.3 Å². The van der Waals surface area contributed by atoms with Gasteiger partial charge < -0.3 is 15.3 Å². The van der Waals surface area contributed by atoms with Crippen LogP contribution in [-0.2, 0) is 4.79 Å². The average molecular weight is 287 g/mol. The van der Waals surface area contributed by atoms with Crippen molar-refractivity contribution in [3.63, 3.8) is 0 Å². The average Bonchev–Trinajstić information content (AvgIpc) is 2.93. The lowest BCUT2D eigenvalue weighted by Crippen LogP contribution is -2.54. The van der Waals surface area contributed by atoms with E-state index in [-0.39, 0.29) is 0 Å². The second-order valence-corrected chi connectivity index (χ2v) is 5.06. The Morgan fingerprint density at radius 2 is 2.10 bits per heavy atom. The summed E-state index contributed by atoms with van der Waals surface area (Å²) in [7, 11) is 0. The molecule has 0 saturated carbocycles. The fourth-order valence-corrected chi connectivity index (χ4v) is 2.73. The number of aliphatic carboxylic acids is 1. The maximum absolute atomic E-state index is 12.3. The fourth-order valence-electron chi connectivity index (χ4n) is 2.73. The number of amides is 2. The number of nitrogens with one attached hydrogen (secondary N) is 1. The summed E-state index contributed by atoms with van der Waals surface area (Å²) in [6.45, 7) is 2.21. The summed E-state index contributed by atoms with van der Waals surface area (Å²) in [6, 6.07) is 8.04. The second-order valence-electron chi connectivity index (χ2n) is 5.06. The van der Waals surface area contributed by atoms with Crippen LogP contribution in [0.4, 0.5) is 10.5 Å². The molecule has 1 aliphatic heterocycles. The molecule has 2 rings (SSSR count). The molecule has 0 radical (unpaired) electrons. The summed E-state index contributed by atoms with van der Waals surface area (Å²) in [6.07, 6.45) is 1.53. The van der Waals surface area contributed by atoms with Crippen LogP contribution in [0.25, 0.3) is 0 Å². The highest BCUT2D eigenvalue weighted by molar-refractivity contribution is 5.94. The van der Waals surface area contributed by atoms with E-state index in [0.29, 0.717) is 37.1 Å². The molecular weight excluding hydrogens is 270 g/mol. The number of hydrogen-bond acceptors (Lipinski definition) is 3. The summed E-state index contributed by atoms with van der Waals surface area (Å²) >= 11 is 0. The zero-order valence-corrected chi connectivity index (χ0v) is 11.8. The standard InChI is InChI=1S/C15H17N3O3/c1-2-15(13(19)20)8-3-9-18(15)14(21)17-12-6-4-11(10-16)5-7-12/h4-7H,2-3,8-9H2,1H3,(H,17,21)(H,19,20). The SMILES string of the molecule is CCC1(C(=O)O)CCCN1C(=O)Nc1ccc(C#N)cc1. The number of rotatable bonds is 3. The van der Waals surface area contributed by atoms with Gasteiger partial charge in [0.15, 0.2) is 0 Å². The number of hydrogen-bond donors (Lipinski definition) is 2. The van der Waals surface area contributed by atoms with Crippen LogP contribution in [0, 0.1) is 11.3 Å². The third-order valence-corrected chi connectivity index (χ3v) is 3.98. The number of urea groups is 1. The highest BCUT2D eigenvalue weighted by Gasteiger charge is 2.48. The van der Waals surface area contributed by atoms with Gasteiger partial charge in [0.2, 0.25) is 0 Å². The first-order valence-corrected chi connectivity index (χ1v) is 6.85. The van der Waals surface area contributed by atoms with Crippen molar-refractivity contribution in [3.8, 4) is 6.07 Å². The first-order valence-electron chi connectivity index (χ1n) is 6.85. The van der Waals surface area contributed by atoms with Crippen LogP contribution in [-0.4, -0.2) is 34.1 Å². The number of nitriles is 1. The van der Waals surface area contributed by atoms with Crippen molar-refractivity contribution < 1.29 is 14.7 Å². The molecule has 1 heterocycles. The number of carboxylic acid groups (broad SMARTS) is 1. The third-order valence-electron chi connectivity index (χ3n) is 3.98. The Morgan fingerprint density at radius 3 is 2.62 bits per heavy atom. The van der Waals surface area contributed by atoms with Crippen molar-refractivity contribution in [2.24, 2.45) is 0 Å². The summed E-state index contributed by atoms with van der Waals surface area (Å²) in [5, 5.41) is 20.9. The predicted octanol–water partition coefficient (Wildman–Crippen LogP) is 2.42. The largest absolute Gasteiger partial charge is 0.479 e. The minimum absolute atomic E-state index is 0.378. The Labute approximate surface area is 123 Å². The van der Waals surface area contributed by atoms with Gasteiger partial charge in [0.25, 0.3) is 0 Å². The van der Waals surface area contributed by atoms with Crippen molar-refractivity contribution in [2.45, 2.75) is 31.7 Å². The molecule has 1 atom stereocenters. The first-order chi connectivity index (χ1) is 10.0. The Hall–Kier alpha value is -2.55. The maximum atomic E-state index is 12.3. The Balaban J connectivity index is 2.15. The molecule has 0 aliphatic carbocycles. The fraction of sp³-hybridized carbons (Fsp3) is 0.400. The van der Waals surface area contributed by atoms with E-state index in [1.54, 1.807) is 31.2 Å². The lowest BCUT2D eigenvalue weighted by atomic mass is 9.93. The Bertz CT molecular complexity index is 591. The normalized spacial score (nSPS) is 20.9. The third kappa shape index (κ3) is 2.68. The van der Waals surface area contributed by atoms with Gasteiger partial charge in [-0.1, -0.05) is 6.92 Å². The van der Waals surface area contributed by atoms with Crippen molar-refractivity contribution in [3.05, 3.63) is 29.8 Å². The number of nitrogens with zero attached hydrogens (tertiary/aromatic N) is 2. The number of anilines is 1. The molecule has 21 heavy (non-hydrogen) atoms. The van der Waals surface area contributed by atoms with E-state index in [0.717, 1.165) is 0 Å². The van der Waals surface area contributed by atoms with Crippen LogP contribution in [0.5, 0.6) is 0 Å². The summed E-state index contributed by atoms with van der Waals surface area (Å²) in [5.41, 5.74) is -0.0691. The molecule has 1 fully saturated rings. The maximum Gasteiger partial charge on any atom is 0.329 e. The Kier molecular flexibility index (Phi) is 4.13. The van der Waals surface area contributed by atoms with Gasteiger partial charge in [-0.2, -0.15) is 5.26 Å². The number of carbonyl (C=O) groups is 2. The molecule has 0 aromatic heterocycles. The van der Waals surface area contributed by atoms with E-state index in [4.69, 9.17) is 5.26 Å². The van der Waals surface area contributed by atoms with Gasteiger partial charge in [-0.05, 0) is 43.5 Å². The minimum atomic E-state index is -1.11. The van der Waals surface area contributed by atoms with Gasteiger partial charge in [-0.3, -0.25) is 0 Å². The second kappa shape index (κ2) is 5.83. The molecule has 1 unspecified atom stereocenters. The Morgan fingerprint density at radius 1 is 1.43 bits per heavy atom. The first kappa shape index (κ1) is 14.9. The van der Waals surface area contributed by atoms with E-state index >= 15 is 0 Å². The van der Waals surface area contributed by atoms with Gasteiger partial charge in [0, 0.05) is 12.2 Å². The van der Waals surface area contributed by atoms with E-state index in [1.165, 1.54) is 4.90 Å². The van der Waals surface area contributed by atoms with Crippen molar-refractivity contribution >= 4 is 17.7 Å². The quantitative estimate of drug-likeness (QED) is 0.892. The lowest BCUT2D eigenvalue weighted by Gasteiger charge is -2.33. The molecule has 2 N–H and O–H groups in total. The monoisotopic (exact) mass is 287 g/mol. The van der Waals surface area contributed by atoms with Crippen LogP contribution >= 0.6 is 0 Å². The van der Waals surface area contributed by atoms with Gasteiger partial charge in [-0.25, -0.2) is 9.59 Å². The van der Waals surface area contributed by atoms with Crippen molar-refractivity contribution in [1.82, 2.24) is 4.90 Å². The molecule has 2 amide bonds. The molecule has 6 nitrogen and oxygen atoms in total. The van der Waals surface area contributed by atoms with Crippen molar-refractivity contribution in [1.29, 1.82) is 5.26 Å². The van der Waals surface area contributed by atoms with E-state index < -0.39 is 17.5 Å². The molecule has 1 aromatic rings. The zero-order chi connectivity index (χ0) is 15.5. The summed E-state index contributed by atoms with van der Waals surface area (Å²) in [4.78, 5) is 25.3. The summed E-state index contributed by atoms with van der Waals surface area (Å²) in [5.74, 6) is -0.961. The number of carboxylic acids is 1. The number of benzene rings is 1. The molecule has 110 valence electrons. The van der Waals surface area contributed by atoms with Crippen LogP contribution in [0.1, 0.15) is 31.7 Å². The molecule has 0 spiro atoms. The van der Waals surface area contributed by atoms with Crippen LogP contribution < -0.4 is 5.32 Å². The molecule has 1 aliphatic rings. The van der Waals surface area contributed by atoms with E-state index in [1.807, 2.05) is 6.07 Å². The van der Waals surface area contributed by atoms with Crippen molar-refractivity contribution in [2.75, 3.05) is 11.9 Å². The highest BCUT2D eigenvalue weighted by Crippen LogP contribution is 2.33. The van der Waals surface area contributed by atoms with Crippen LogP contribution in [0.3, 0.4) is 0 Å². The smallest absolute Gasteiger partial charge is 0.329 e. The molecular formula is C15H17N3O3. The molecule has 0 bridgehead atoms. The van der Waals surface area contributed by atoms with Gasteiger partial charge in [-0.15, -0.1) is 0 Å². The summed E-state index contributed by atoms with van der Waals surface area (Å²) < 4.78 is 0. The predicted molar refractivity (Wildman–Crippen MR) is 76.8 cm³/mol. The zero-order valence-electron chi connectivity index (χ0n) is 11.8. The van der Waals surface area contributed by atoms with Crippen LogP contribution in [0.2, 0.25) is 0 Å². The van der Waals surface area contributed by atoms with E-state index in [2.05, 4.69) is 5.32 Å². The molecule has 1 aromatic carbocycles. The molecule has 6 heteroatoms.